The summed E-state index contributed by atoms with van der Waals surface area (Å²) in [6, 6.07) is 1.78. The molecule has 0 bridgehead atoms. The lowest BCUT2D eigenvalue weighted by atomic mass is 10.1. The average Bonchev–Trinajstić information content (AvgIpc) is 2.45. The van der Waals surface area contributed by atoms with Crippen molar-refractivity contribution in [2.45, 2.75) is 45.4 Å². The fourth-order valence-corrected chi connectivity index (χ4v) is 2.76. The van der Waals surface area contributed by atoms with E-state index in [1.54, 1.807) is 12.3 Å². The molecule has 0 aromatic carbocycles. The Balaban J connectivity index is 2.12. The Labute approximate surface area is 131 Å². The van der Waals surface area contributed by atoms with E-state index in [9.17, 15) is 4.79 Å². The number of amides is 1. The average molecular weight is 310 g/mol. The maximum Gasteiger partial charge on any atom is 0.255 e. The first kappa shape index (κ1) is 16.1. The first-order valence-corrected chi connectivity index (χ1v) is 8.29. The summed E-state index contributed by atoms with van der Waals surface area (Å²) in [5.41, 5.74) is 0.561. The number of pyridine rings is 1. The minimum Gasteiger partial charge on any atom is -0.370 e. The fourth-order valence-electron chi connectivity index (χ4n) is 2.57. The van der Waals surface area contributed by atoms with Crippen LogP contribution in [0.1, 0.15) is 55.8 Å². The van der Waals surface area contributed by atoms with E-state index in [1.165, 1.54) is 19.3 Å². The van der Waals surface area contributed by atoms with Crippen LogP contribution in [0.4, 0.5) is 5.82 Å². The normalized spacial score (nSPS) is 16.2. The topological polar surface area (TPSA) is 45.2 Å². The van der Waals surface area contributed by atoms with Crippen LogP contribution in [0.2, 0.25) is 5.02 Å². The second kappa shape index (κ2) is 8.23. The number of hydrogen-bond donors (Lipinski definition) is 1. The summed E-state index contributed by atoms with van der Waals surface area (Å²) in [4.78, 5) is 18.9. The van der Waals surface area contributed by atoms with Gasteiger partial charge in [0.2, 0.25) is 0 Å². The molecular weight excluding hydrogens is 286 g/mol. The Kier molecular flexibility index (Phi) is 6.30. The molecule has 0 atom stereocenters. The van der Waals surface area contributed by atoms with Gasteiger partial charge in [-0.2, -0.15) is 0 Å². The first-order chi connectivity index (χ1) is 10.2. The molecule has 1 N–H and O–H groups in total. The molecule has 1 aromatic heterocycles. The molecule has 1 aromatic rings. The fraction of sp³-hybridized carbons (Fsp3) is 0.625. The van der Waals surface area contributed by atoms with E-state index >= 15 is 0 Å². The number of anilines is 1. The molecule has 5 heteroatoms. The van der Waals surface area contributed by atoms with Crippen molar-refractivity contribution in [2.75, 3.05) is 25.0 Å². The largest absolute Gasteiger partial charge is 0.370 e. The van der Waals surface area contributed by atoms with Crippen molar-refractivity contribution in [1.82, 2.24) is 9.88 Å². The highest BCUT2D eigenvalue weighted by Gasteiger charge is 2.19. The monoisotopic (exact) mass is 309 g/mol. The van der Waals surface area contributed by atoms with E-state index in [-0.39, 0.29) is 5.91 Å². The van der Waals surface area contributed by atoms with Gasteiger partial charge in [-0.25, -0.2) is 4.98 Å². The third kappa shape index (κ3) is 4.60. The highest BCUT2D eigenvalue weighted by Crippen LogP contribution is 2.21. The Morgan fingerprint density at radius 1 is 1.29 bits per heavy atom. The third-order valence-corrected chi connectivity index (χ3v) is 4.09. The SMILES string of the molecule is CCCNc1cc(C(=O)N2CCCCCCC2)c(Cl)cn1. The minimum atomic E-state index is 0.0313. The van der Waals surface area contributed by atoms with Gasteiger partial charge in [0.15, 0.2) is 0 Å². The van der Waals surface area contributed by atoms with Gasteiger partial charge in [-0.15, -0.1) is 0 Å². The number of hydrogen-bond acceptors (Lipinski definition) is 3. The maximum atomic E-state index is 12.7. The number of nitrogens with zero attached hydrogens (tertiary/aromatic N) is 2. The first-order valence-electron chi connectivity index (χ1n) is 7.91. The van der Waals surface area contributed by atoms with Crippen molar-refractivity contribution in [3.63, 3.8) is 0 Å². The summed E-state index contributed by atoms with van der Waals surface area (Å²) >= 11 is 6.18. The molecule has 0 aliphatic carbocycles. The Morgan fingerprint density at radius 3 is 2.62 bits per heavy atom. The van der Waals surface area contributed by atoms with E-state index in [4.69, 9.17) is 11.6 Å². The van der Waals surface area contributed by atoms with E-state index < -0.39 is 0 Å². The highest BCUT2D eigenvalue weighted by molar-refractivity contribution is 6.33. The molecule has 0 spiro atoms. The number of likely N-dealkylation sites (tertiary alicyclic amines) is 1. The molecule has 4 nitrogen and oxygen atoms in total. The molecule has 21 heavy (non-hydrogen) atoms. The third-order valence-electron chi connectivity index (χ3n) is 3.79. The van der Waals surface area contributed by atoms with E-state index in [2.05, 4.69) is 17.2 Å². The number of carbonyl (C=O) groups is 1. The molecule has 1 saturated heterocycles. The molecule has 0 saturated carbocycles. The van der Waals surface area contributed by atoms with Crippen LogP contribution in [0.3, 0.4) is 0 Å². The molecule has 1 fully saturated rings. The summed E-state index contributed by atoms with van der Waals surface area (Å²) in [7, 11) is 0. The summed E-state index contributed by atoms with van der Waals surface area (Å²) in [5, 5.41) is 3.64. The number of nitrogens with one attached hydrogen (secondary N) is 1. The van der Waals surface area contributed by atoms with Crippen molar-refractivity contribution >= 4 is 23.3 Å². The van der Waals surface area contributed by atoms with Crippen LogP contribution in [0.5, 0.6) is 0 Å². The van der Waals surface area contributed by atoms with Crippen molar-refractivity contribution in [3.05, 3.63) is 22.8 Å². The molecule has 1 aliphatic heterocycles. The van der Waals surface area contributed by atoms with Crippen molar-refractivity contribution in [1.29, 1.82) is 0 Å². The standard InChI is InChI=1S/C16H24ClN3O/c1-2-8-18-15-11-13(14(17)12-19-15)16(21)20-9-6-4-3-5-7-10-20/h11-12H,2-10H2,1H3,(H,18,19). The lowest BCUT2D eigenvalue weighted by Gasteiger charge is -2.25. The lowest BCUT2D eigenvalue weighted by Crippen LogP contribution is -2.34. The Hall–Kier alpha value is -1.29. The van der Waals surface area contributed by atoms with Crippen LogP contribution >= 0.6 is 11.6 Å². The van der Waals surface area contributed by atoms with Gasteiger partial charge in [-0.05, 0) is 25.3 Å². The van der Waals surface area contributed by atoms with Gasteiger partial charge in [0.05, 0.1) is 10.6 Å². The van der Waals surface area contributed by atoms with Gasteiger partial charge in [-0.3, -0.25) is 4.79 Å². The Morgan fingerprint density at radius 2 is 1.95 bits per heavy atom. The summed E-state index contributed by atoms with van der Waals surface area (Å²) in [5.74, 6) is 0.750. The molecular formula is C16H24ClN3O. The van der Waals surface area contributed by atoms with Gasteiger partial charge >= 0.3 is 0 Å². The predicted molar refractivity (Wildman–Crippen MR) is 87.0 cm³/mol. The van der Waals surface area contributed by atoms with E-state index in [1.807, 2.05) is 4.90 Å². The zero-order chi connectivity index (χ0) is 15.1. The summed E-state index contributed by atoms with van der Waals surface area (Å²) in [6.45, 7) is 4.59. The maximum absolute atomic E-state index is 12.7. The number of rotatable bonds is 4. The van der Waals surface area contributed by atoms with Crippen LogP contribution in [-0.4, -0.2) is 35.4 Å². The van der Waals surface area contributed by atoms with Crippen molar-refractivity contribution in [3.8, 4) is 0 Å². The van der Waals surface area contributed by atoms with Crippen molar-refractivity contribution in [2.24, 2.45) is 0 Å². The van der Waals surface area contributed by atoms with Crippen LogP contribution in [-0.2, 0) is 0 Å². The minimum absolute atomic E-state index is 0.0313. The van der Waals surface area contributed by atoms with Gasteiger partial charge in [-0.1, -0.05) is 37.8 Å². The summed E-state index contributed by atoms with van der Waals surface area (Å²) in [6.07, 6.45) is 8.43. The van der Waals surface area contributed by atoms with Crippen molar-refractivity contribution < 1.29 is 4.79 Å². The summed E-state index contributed by atoms with van der Waals surface area (Å²) < 4.78 is 0. The van der Waals surface area contributed by atoms with E-state index in [0.717, 1.165) is 44.7 Å². The predicted octanol–water partition coefficient (Wildman–Crippen LogP) is 3.96. The number of halogens is 1. The smallest absolute Gasteiger partial charge is 0.255 e. The van der Waals surface area contributed by atoms with E-state index in [0.29, 0.717) is 10.6 Å². The molecule has 2 heterocycles. The quantitative estimate of drug-likeness (QED) is 0.915. The Bertz CT molecular complexity index is 471. The second-order valence-corrected chi connectivity index (χ2v) is 5.94. The molecule has 1 aliphatic rings. The van der Waals surface area contributed by atoms with Gasteiger partial charge in [0, 0.05) is 25.8 Å². The molecule has 116 valence electrons. The molecule has 2 rings (SSSR count). The second-order valence-electron chi connectivity index (χ2n) is 5.54. The lowest BCUT2D eigenvalue weighted by molar-refractivity contribution is 0.0742. The van der Waals surface area contributed by atoms with Gasteiger partial charge in [0.1, 0.15) is 5.82 Å². The number of carbonyl (C=O) groups excluding carboxylic acids is 1. The molecule has 0 radical (unpaired) electrons. The molecule has 1 amide bonds. The van der Waals surface area contributed by atoms with Gasteiger partial charge < -0.3 is 10.2 Å². The number of aromatic nitrogens is 1. The van der Waals surface area contributed by atoms with Gasteiger partial charge in [0.25, 0.3) is 5.91 Å². The van der Waals surface area contributed by atoms with Crippen LogP contribution in [0, 0.1) is 0 Å². The highest BCUT2D eigenvalue weighted by atomic mass is 35.5. The zero-order valence-electron chi connectivity index (χ0n) is 12.7. The van der Waals surface area contributed by atoms with Crippen LogP contribution < -0.4 is 5.32 Å². The molecule has 0 unspecified atom stereocenters. The van der Waals surface area contributed by atoms with Crippen LogP contribution in [0.15, 0.2) is 12.3 Å². The zero-order valence-corrected chi connectivity index (χ0v) is 13.5. The van der Waals surface area contributed by atoms with Crippen LogP contribution in [0.25, 0.3) is 0 Å².